The number of hydrogen-bond donors (Lipinski definition) is 2. The van der Waals surface area contributed by atoms with E-state index in [1.54, 1.807) is 12.1 Å². The van der Waals surface area contributed by atoms with Gasteiger partial charge in [0.2, 0.25) is 5.91 Å². The van der Waals surface area contributed by atoms with Crippen LogP contribution in [0.5, 0.6) is 0 Å². The van der Waals surface area contributed by atoms with Crippen molar-refractivity contribution >= 4 is 17.4 Å². The number of nitrogens with one attached hydrogen (secondary N) is 1. The highest BCUT2D eigenvalue weighted by Gasteiger charge is 2.65. The fourth-order valence-corrected chi connectivity index (χ4v) is 13.4. The molecule has 1 saturated heterocycles. The number of nitrogens with zero attached hydrogens (tertiary/aromatic N) is 2. The van der Waals surface area contributed by atoms with Crippen LogP contribution < -0.4 is 5.32 Å². The Bertz CT molecular complexity index is 1410. The van der Waals surface area contributed by atoms with Crippen molar-refractivity contribution in [3.8, 4) is 0 Å². The molecule has 4 saturated carbocycles. The number of piperazine rings is 1. The van der Waals surface area contributed by atoms with Gasteiger partial charge in [-0.25, -0.2) is 4.79 Å². The van der Waals surface area contributed by atoms with E-state index in [0.717, 1.165) is 69.4 Å². The number of amides is 1. The molecule has 8 atom stereocenters. The van der Waals surface area contributed by atoms with Gasteiger partial charge in [-0.2, -0.15) is 0 Å². The number of benzene rings is 1. The quantitative estimate of drug-likeness (QED) is 0.311. The number of hydrogen-bond acceptors (Lipinski definition) is 4. The molecule has 264 valence electrons. The third-order valence-electron chi connectivity index (χ3n) is 15.6. The Morgan fingerprint density at radius 3 is 2.27 bits per heavy atom. The van der Waals surface area contributed by atoms with E-state index in [0.29, 0.717) is 33.8 Å². The van der Waals surface area contributed by atoms with Crippen molar-refractivity contribution in [2.75, 3.05) is 39.3 Å². The lowest BCUT2D eigenvalue weighted by Crippen LogP contribution is -2.64. The maximum Gasteiger partial charge on any atom is 0.335 e. The fraction of sp³-hybridized carbons (Fsp3) is 0.762. The van der Waals surface area contributed by atoms with Crippen LogP contribution in [0.25, 0.3) is 5.57 Å². The molecule has 6 heteroatoms. The van der Waals surface area contributed by atoms with Gasteiger partial charge in [-0.15, -0.1) is 0 Å². The summed E-state index contributed by atoms with van der Waals surface area (Å²) in [7, 11) is 0. The van der Waals surface area contributed by atoms with Gasteiger partial charge in [0.1, 0.15) is 0 Å². The maximum atomic E-state index is 12.5. The van der Waals surface area contributed by atoms with Gasteiger partial charge in [-0.05, 0) is 127 Å². The summed E-state index contributed by atoms with van der Waals surface area (Å²) in [4.78, 5) is 28.6. The highest BCUT2D eigenvalue weighted by molar-refractivity contribution is 5.88. The molecular formula is C42H63N3O3. The van der Waals surface area contributed by atoms with Gasteiger partial charge < -0.3 is 15.3 Å². The summed E-state index contributed by atoms with van der Waals surface area (Å²) in [5.74, 6) is 3.47. The predicted molar refractivity (Wildman–Crippen MR) is 194 cm³/mol. The van der Waals surface area contributed by atoms with E-state index in [2.05, 4.69) is 48.9 Å². The van der Waals surface area contributed by atoms with Gasteiger partial charge in [0.25, 0.3) is 0 Å². The topological polar surface area (TPSA) is 72.9 Å². The fourth-order valence-electron chi connectivity index (χ4n) is 13.4. The van der Waals surface area contributed by atoms with Gasteiger partial charge in [-0.1, -0.05) is 66.2 Å². The van der Waals surface area contributed by atoms with E-state index in [1.807, 2.05) is 26.0 Å². The molecule has 1 amide bonds. The van der Waals surface area contributed by atoms with Crippen LogP contribution in [0.1, 0.15) is 122 Å². The molecule has 0 bridgehead atoms. The van der Waals surface area contributed by atoms with Gasteiger partial charge in [0.05, 0.1) is 5.56 Å². The van der Waals surface area contributed by atoms with Crippen molar-refractivity contribution in [2.24, 2.45) is 51.8 Å². The highest BCUT2D eigenvalue weighted by Crippen LogP contribution is 2.72. The van der Waals surface area contributed by atoms with Crippen molar-refractivity contribution < 1.29 is 14.7 Å². The summed E-state index contributed by atoms with van der Waals surface area (Å²) in [6, 6.07) is 7.64. The molecule has 0 aromatic heterocycles. The zero-order chi connectivity index (χ0) is 34.1. The number of aromatic carboxylic acids is 1. The summed E-state index contributed by atoms with van der Waals surface area (Å²) >= 11 is 0. The molecule has 6 nitrogen and oxygen atoms in total. The smallest absolute Gasteiger partial charge is 0.335 e. The molecule has 5 aliphatic carbocycles. The Labute approximate surface area is 290 Å². The van der Waals surface area contributed by atoms with E-state index in [4.69, 9.17) is 0 Å². The van der Waals surface area contributed by atoms with Crippen LogP contribution >= 0.6 is 0 Å². The Kier molecular flexibility index (Phi) is 8.96. The van der Waals surface area contributed by atoms with Crippen molar-refractivity contribution in [1.82, 2.24) is 15.1 Å². The number of carbonyl (C=O) groups is 2. The SMILES string of the molecule is CC(C)C(=O)N1CCN(CCN[C@]23CCCC2[C@H]2CCC4[C@@](C)(CCC5C(C)(C)C(c6ccc(C(=O)O)cc6)=CC[C@@]54C)C2CC3)CC1. The second-order valence-corrected chi connectivity index (χ2v) is 18.4. The van der Waals surface area contributed by atoms with E-state index < -0.39 is 5.97 Å². The van der Waals surface area contributed by atoms with Crippen LogP contribution in [-0.2, 0) is 4.79 Å². The van der Waals surface area contributed by atoms with Crippen LogP contribution in [0.3, 0.4) is 0 Å². The maximum absolute atomic E-state index is 12.5. The number of carbonyl (C=O) groups excluding carboxylic acids is 1. The Morgan fingerprint density at radius 2 is 1.58 bits per heavy atom. The van der Waals surface area contributed by atoms with E-state index >= 15 is 0 Å². The molecule has 48 heavy (non-hydrogen) atoms. The number of rotatable bonds is 7. The molecule has 0 spiro atoms. The zero-order valence-corrected chi connectivity index (χ0v) is 30.8. The lowest BCUT2D eigenvalue weighted by molar-refractivity contribution is -0.172. The van der Waals surface area contributed by atoms with Gasteiger partial charge in [-0.3, -0.25) is 9.69 Å². The third-order valence-corrected chi connectivity index (χ3v) is 15.6. The lowest BCUT2D eigenvalue weighted by atomic mass is 9.37. The van der Waals surface area contributed by atoms with Crippen LogP contribution in [0, 0.1) is 51.8 Å². The Hall–Kier alpha value is -2.18. The molecule has 5 fully saturated rings. The summed E-state index contributed by atoms with van der Waals surface area (Å²) in [6.07, 6.45) is 16.0. The standard InChI is InChI=1S/C42H63N3O3/c1-28(2)37(46)45-26-24-44(25-27-45)23-22-43-42-18-7-8-34(42)31-13-14-36-40(5,33(31)16-21-42)20-17-35-39(3,4)32(15-19-41(35,36)6)29-9-11-30(12-10-29)38(47)48/h9-12,15,28,31,33-36,43H,7-8,13-14,16-27H2,1-6H3,(H,47,48)/t31-,33?,34?,35?,36?,40-,41-,42-/m0/s1. The zero-order valence-electron chi connectivity index (χ0n) is 30.8. The molecule has 1 heterocycles. The van der Waals surface area contributed by atoms with Gasteiger partial charge in [0.15, 0.2) is 0 Å². The lowest BCUT2D eigenvalue weighted by Gasteiger charge is -2.68. The first-order valence-corrected chi connectivity index (χ1v) is 19.6. The number of fused-ring (bicyclic) bond motifs is 7. The van der Waals surface area contributed by atoms with E-state index in [9.17, 15) is 14.7 Å². The second kappa shape index (κ2) is 12.5. The predicted octanol–water partition coefficient (Wildman–Crippen LogP) is 7.99. The number of allylic oxidation sites excluding steroid dienone is 2. The second-order valence-electron chi connectivity index (χ2n) is 18.4. The first-order valence-electron chi connectivity index (χ1n) is 19.6. The molecule has 1 aromatic carbocycles. The summed E-state index contributed by atoms with van der Waals surface area (Å²) < 4.78 is 0. The first-order chi connectivity index (χ1) is 22.8. The average molecular weight is 658 g/mol. The molecule has 6 aliphatic rings. The van der Waals surface area contributed by atoms with Crippen LogP contribution in [-0.4, -0.2) is 71.6 Å². The van der Waals surface area contributed by atoms with Crippen molar-refractivity contribution in [3.05, 3.63) is 41.5 Å². The van der Waals surface area contributed by atoms with Crippen LogP contribution in [0.2, 0.25) is 0 Å². The summed E-state index contributed by atoms with van der Waals surface area (Å²) in [5, 5.41) is 13.7. The molecule has 4 unspecified atom stereocenters. The Balaban J connectivity index is 1.03. The van der Waals surface area contributed by atoms with Crippen molar-refractivity contribution in [1.29, 1.82) is 0 Å². The number of carboxylic acids is 1. The molecule has 7 rings (SSSR count). The monoisotopic (exact) mass is 657 g/mol. The van der Waals surface area contributed by atoms with Gasteiger partial charge in [0, 0.05) is 50.7 Å². The average Bonchev–Trinajstić information content (AvgIpc) is 3.49. The van der Waals surface area contributed by atoms with Crippen LogP contribution in [0.15, 0.2) is 30.3 Å². The normalized spacial score (nSPS) is 39.2. The van der Waals surface area contributed by atoms with Crippen LogP contribution in [0.4, 0.5) is 0 Å². The molecule has 1 aromatic rings. The summed E-state index contributed by atoms with van der Waals surface area (Å²) in [5.41, 5.74) is 4.10. The van der Waals surface area contributed by atoms with Gasteiger partial charge >= 0.3 is 5.97 Å². The minimum Gasteiger partial charge on any atom is -0.478 e. The molecule has 1 aliphatic heterocycles. The van der Waals surface area contributed by atoms with E-state index in [1.165, 1.54) is 68.9 Å². The van der Waals surface area contributed by atoms with Crippen molar-refractivity contribution in [3.63, 3.8) is 0 Å². The molecular weight excluding hydrogens is 594 g/mol. The van der Waals surface area contributed by atoms with Crippen molar-refractivity contribution in [2.45, 2.75) is 111 Å². The summed E-state index contributed by atoms with van der Waals surface area (Å²) in [6.45, 7) is 20.3. The molecule has 2 N–H and O–H groups in total. The first kappa shape index (κ1) is 34.3. The molecule has 0 radical (unpaired) electrons. The highest BCUT2D eigenvalue weighted by atomic mass is 16.4. The third kappa shape index (κ3) is 5.50. The largest absolute Gasteiger partial charge is 0.478 e. The number of carboxylic acid groups (broad SMARTS) is 1. The minimum absolute atomic E-state index is 0.0591. The Morgan fingerprint density at radius 1 is 0.854 bits per heavy atom. The minimum atomic E-state index is -0.854. The van der Waals surface area contributed by atoms with E-state index in [-0.39, 0.29) is 11.3 Å².